The maximum atomic E-state index is 12.4. The summed E-state index contributed by atoms with van der Waals surface area (Å²) in [4.78, 5) is 16.8. The number of amides is 1. The second kappa shape index (κ2) is 6.16. The highest BCUT2D eigenvalue weighted by Gasteiger charge is 2.41. The van der Waals surface area contributed by atoms with E-state index in [1.54, 1.807) is 0 Å². The molecule has 5 heteroatoms. The maximum Gasteiger partial charge on any atom is 0.226 e. The summed E-state index contributed by atoms with van der Waals surface area (Å²) in [6, 6.07) is 9.69. The summed E-state index contributed by atoms with van der Waals surface area (Å²) >= 11 is 0. The molecule has 1 aliphatic rings. The van der Waals surface area contributed by atoms with Crippen LogP contribution in [0.25, 0.3) is 11.5 Å². The lowest BCUT2D eigenvalue weighted by atomic mass is 9.95. The van der Waals surface area contributed by atoms with E-state index in [1.165, 1.54) is 0 Å². The van der Waals surface area contributed by atoms with Crippen LogP contribution in [0.15, 0.2) is 34.7 Å². The van der Waals surface area contributed by atoms with Gasteiger partial charge in [-0.05, 0) is 44.7 Å². The van der Waals surface area contributed by atoms with Crippen molar-refractivity contribution in [3.8, 4) is 11.5 Å². The second-order valence-corrected chi connectivity index (χ2v) is 6.51. The summed E-state index contributed by atoms with van der Waals surface area (Å²) in [5.74, 6) is 1.67. The van der Waals surface area contributed by atoms with Gasteiger partial charge in [-0.25, -0.2) is 4.98 Å². The minimum atomic E-state index is -0.309. The van der Waals surface area contributed by atoms with Crippen LogP contribution in [0.1, 0.15) is 31.2 Å². The molecule has 0 radical (unpaired) electrons. The highest BCUT2D eigenvalue weighted by Crippen LogP contribution is 2.39. The molecule has 1 atom stereocenters. The van der Waals surface area contributed by atoms with Gasteiger partial charge in [0.25, 0.3) is 0 Å². The third-order valence-corrected chi connectivity index (χ3v) is 4.57. The number of aryl methyl sites for hydroxylation is 1. The molecule has 122 valence electrons. The van der Waals surface area contributed by atoms with Gasteiger partial charge in [-0.15, -0.1) is 0 Å². The van der Waals surface area contributed by atoms with Gasteiger partial charge in [-0.3, -0.25) is 4.79 Å². The van der Waals surface area contributed by atoms with Crippen molar-refractivity contribution < 1.29 is 9.21 Å². The summed E-state index contributed by atoms with van der Waals surface area (Å²) in [5, 5.41) is 3.08. The zero-order valence-electron chi connectivity index (χ0n) is 13.6. The van der Waals surface area contributed by atoms with E-state index in [4.69, 9.17) is 10.2 Å². The first-order valence-electron chi connectivity index (χ1n) is 8.04. The topological polar surface area (TPSA) is 81.2 Å². The van der Waals surface area contributed by atoms with Crippen molar-refractivity contribution in [3.63, 3.8) is 0 Å². The van der Waals surface area contributed by atoms with Crippen LogP contribution in [-0.4, -0.2) is 23.0 Å². The lowest BCUT2D eigenvalue weighted by Crippen LogP contribution is -2.53. The van der Waals surface area contributed by atoms with E-state index in [0.717, 1.165) is 18.4 Å². The molecule has 1 aromatic heterocycles. The Morgan fingerprint density at radius 3 is 2.70 bits per heavy atom. The van der Waals surface area contributed by atoms with Gasteiger partial charge < -0.3 is 15.5 Å². The Balaban J connectivity index is 1.70. The number of nitrogens with zero attached hydrogens (tertiary/aromatic N) is 1. The van der Waals surface area contributed by atoms with E-state index in [9.17, 15) is 4.79 Å². The molecule has 0 saturated heterocycles. The predicted octanol–water partition coefficient (Wildman–Crippen LogP) is 2.44. The number of oxazole rings is 1. The lowest BCUT2D eigenvalue weighted by Gasteiger charge is -2.29. The van der Waals surface area contributed by atoms with E-state index in [0.29, 0.717) is 29.8 Å². The van der Waals surface area contributed by atoms with Gasteiger partial charge in [0.05, 0.1) is 17.7 Å². The number of aromatic nitrogens is 1. The zero-order chi connectivity index (χ0) is 16.4. The van der Waals surface area contributed by atoms with Crippen LogP contribution < -0.4 is 11.1 Å². The van der Waals surface area contributed by atoms with E-state index in [2.05, 4.69) is 10.3 Å². The Kier molecular flexibility index (Phi) is 4.22. The first-order valence-corrected chi connectivity index (χ1v) is 8.04. The van der Waals surface area contributed by atoms with Crippen LogP contribution in [-0.2, 0) is 11.2 Å². The van der Waals surface area contributed by atoms with Crippen LogP contribution in [0.4, 0.5) is 0 Å². The largest absolute Gasteiger partial charge is 0.441 e. The number of carbonyl (C=O) groups excluding carboxylic acids is 1. The number of carbonyl (C=O) groups is 1. The van der Waals surface area contributed by atoms with Crippen LogP contribution in [0.5, 0.6) is 0 Å². The number of hydrogen-bond donors (Lipinski definition) is 2. The zero-order valence-corrected chi connectivity index (χ0v) is 13.6. The Hall–Kier alpha value is -2.14. The van der Waals surface area contributed by atoms with Crippen LogP contribution in [0.3, 0.4) is 0 Å². The molecule has 1 amide bonds. The quantitative estimate of drug-likeness (QED) is 0.858. The molecule has 1 unspecified atom stereocenters. The molecule has 3 rings (SSSR count). The van der Waals surface area contributed by atoms with Crippen LogP contribution >= 0.6 is 0 Å². The Bertz CT molecular complexity index is 692. The molecule has 1 fully saturated rings. The fraction of sp³-hybridized carbons (Fsp3) is 0.444. The van der Waals surface area contributed by atoms with Gasteiger partial charge in [-0.1, -0.05) is 18.2 Å². The van der Waals surface area contributed by atoms with Gasteiger partial charge in [0, 0.05) is 12.1 Å². The van der Waals surface area contributed by atoms with Crippen LogP contribution in [0.2, 0.25) is 0 Å². The molecule has 2 aromatic rings. The summed E-state index contributed by atoms with van der Waals surface area (Å²) < 4.78 is 5.70. The molecule has 1 aromatic carbocycles. The van der Waals surface area contributed by atoms with E-state index in [1.807, 2.05) is 44.2 Å². The van der Waals surface area contributed by atoms with Gasteiger partial charge in [0.15, 0.2) is 0 Å². The molecule has 1 aliphatic carbocycles. The monoisotopic (exact) mass is 313 g/mol. The molecular formula is C18H23N3O2. The summed E-state index contributed by atoms with van der Waals surface area (Å²) in [6.45, 7) is 4.31. The summed E-state index contributed by atoms with van der Waals surface area (Å²) in [5.41, 5.74) is 7.13. The molecule has 3 N–H and O–H groups in total. The fourth-order valence-corrected chi connectivity index (χ4v) is 2.85. The van der Waals surface area contributed by atoms with Crippen molar-refractivity contribution in [2.45, 2.75) is 38.6 Å². The van der Waals surface area contributed by atoms with Crippen LogP contribution in [0, 0.1) is 12.8 Å². The SMILES string of the molecule is Cc1oc(-c2ccccc2)nc1CC(=O)NC(C)(CN)C1CC1. The minimum Gasteiger partial charge on any atom is -0.441 e. The first kappa shape index (κ1) is 15.7. The van der Waals surface area contributed by atoms with Gasteiger partial charge in [-0.2, -0.15) is 0 Å². The molecule has 0 bridgehead atoms. The third-order valence-electron chi connectivity index (χ3n) is 4.57. The first-order chi connectivity index (χ1) is 11.0. The highest BCUT2D eigenvalue weighted by atomic mass is 16.4. The lowest BCUT2D eigenvalue weighted by molar-refractivity contribution is -0.122. The Morgan fingerprint density at radius 1 is 1.39 bits per heavy atom. The predicted molar refractivity (Wildman–Crippen MR) is 88.7 cm³/mol. The molecular weight excluding hydrogens is 290 g/mol. The molecule has 5 nitrogen and oxygen atoms in total. The second-order valence-electron chi connectivity index (χ2n) is 6.51. The Morgan fingerprint density at radius 2 is 2.09 bits per heavy atom. The van der Waals surface area contributed by atoms with E-state index >= 15 is 0 Å². The highest BCUT2D eigenvalue weighted by molar-refractivity contribution is 5.79. The number of benzene rings is 1. The van der Waals surface area contributed by atoms with Crippen molar-refractivity contribution in [1.82, 2.24) is 10.3 Å². The van der Waals surface area contributed by atoms with Crippen molar-refractivity contribution in [2.24, 2.45) is 11.7 Å². The number of nitrogens with two attached hydrogens (primary N) is 1. The van der Waals surface area contributed by atoms with Gasteiger partial charge >= 0.3 is 0 Å². The standard InChI is InChI=1S/C18H23N3O2/c1-12-15(20-17(23-12)13-6-4-3-5-7-13)10-16(22)21-18(2,11-19)14-8-9-14/h3-7,14H,8-11,19H2,1-2H3,(H,21,22). The summed E-state index contributed by atoms with van der Waals surface area (Å²) in [6.07, 6.45) is 2.48. The molecule has 0 spiro atoms. The molecule has 23 heavy (non-hydrogen) atoms. The fourth-order valence-electron chi connectivity index (χ4n) is 2.85. The van der Waals surface area contributed by atoms with E-state index in [-0.39, 0.29) is 17.9 Å². The average Bonchev–Trinajstić information content (AvgIpc) is 3.34. The third kappa shape index (κ3) is 3.45. The summed E-state index contributed by atoms with van der Waals surface area (Å²) in [7, 11) is 0. The van der Waals surface area contributed by atoms with Crippen molar-refractivity contribution in [3.05, 3.63) is 41.8 Å². The normalized spacial score (nSPS) is 16.8. The number of rotatable bonds is 6. The van der Waals surface area contributed by atoms with Crippen molar-refractivity contribution in [1.29, 1.82) is 0 Å². The Labute approximate surface area is 136 Å². The number of nitrogens with one attached hydrogen (secondary N) is 1. The molecule has 1 heterocycles. The van der Waals surface area contributed by atoms with Crippen molar-refractivity contribution >= 4 is 5.91 Å². The van der Waals surface area contributed by atoms with E-state index < -0.39 is 0 Å². The van der Waals surface area contributed by atoms with Gasteiger partial charge in [0.2, 0.25) is 11.8 Å². The molecule has 0 aliphatic heterocycles. The number of hydrogen-bond acceptors (Lipinski definition) is 4. The maximum absolute atomic E-state index is 12.4. The minimum absolute atomic E-state index is 0.0548. The molecule has 1 saturated carbocycles. The van der Waals surface area contributed by atoms with Crippen molar-refractivity contribution in [2.75, 3.05) is 6.54 Å². The van der Waals surface area contributed by atoms with Gasteiger partial charge in [0.1, 0.15) is 5.76 Å². The average molecular weight is 313 g/mol. The smallest absolute Gasteiger partial charge is 0.226 e.